The van der Waals surface area contributed by atoms with Gasteiger partial charge in [-0.3, -0.25) is 14.5 Å². The van der Waals surface area contributed by atoms with E-state index in [2.05, 4.69) is 87.4 Å². The Balaban J connectivity index is 1.29. The van der Waals surface area contributed by atoms with Crippen LogP contribution in [0.2, 0.25) is 0 Å². The molecule has 2 atom stereocenters. The topological polar surface area (TPSA) is 43.9 Å². The fraction of sp³-hybridized carbons (Fsp3) is 0.455. The molecule has 2 aromatic carbocycles. The lowest BCUT2D eigenvalue weighted by atomic mass is 9.86. The summed E-state index contributed by atoms with van der Waals surface area (Å²) in [6.45, 7) is 14.1. The summed E-state index contributed by atoms with van der Waals surface area (Å²) in [5.41, 5.74) is 5.87. The van der Waals surface area contributed by atoms with Gasteiger partial charge in [-0.1, -0.05) is 57.2 Å². The molecule has 3 aromatic rings. The predicted octanol–water partition coefficient (Wildman–Crippen LogP) is 6.06. The lowest BCUT2D eigenvalue weighted by Crippen LogP contribution is -2.51. The SMILES string of the molecule is Cc1ccccc1[C@@H]1c2ccsc2CCN1[C@H](C)C(=O)N1CCCN(C(=O)c2ccc(C(C)(C)C)cc2)CC1. The van der Waals surface area contributed by atoms with Crippen molar-refractivity contribution in [3.05, 3.63) is 92.7 Å². The van der Waals surface area contributed by atoms with Crippen LogP contribution in [0.25, 0.3) is 0 Å². The molecule has 5 nitrogen and oxygen atoms in total. The normalized spacial score (nSPS) is 19.4. The van der Waals surface area contributed by atoms with Crippen LogP contribution in [0, 0.1) is 6.92 Å². The third-order valence-electron chi connectivity index (χ3n) is 8.43. The largest absolute Gasteiger partial charge is 0.340 e. The predicted molar refractivity (Wildman–Crippen MR) is 159 cm³/mol. The first-order chi connectivity index (χ1) is 18.6. The van der Waals surface area contributed by atoms with E-state index in [9.17, 15) is 9.59 Å². The van der Waals surface area contributed by atoms with Gasteiger partial charge in [0.1, 0.15) is 0 Å². The van der Waals surface area contributed by atoms with E-state index in [1.54, 1.807) is 0 Å². The van der Waals surface area contributed by atoms with E-state index in [1.165, 1.54) is 27.1 Å². The number of carbonyl (C=O) groups excluding carboxylic acids is 2. The van der Waals surface area contributed by atoms with Crippen LogP contribution in [0.3, 0.4) is 0 Å². The number of hydrogen-bond acceptors (Lipinski definition) is 4. The van der Waals surface area contributed by atoms with Crippen molar-refractivity contribution >= 4 is 23.2 Å². The standard InChI is InChI=1S/C33H41N3O2S/c1-23-9-6-7-10-27(23)30-28-16-22-39-29(28)15-19-36(30)24(2)31(37)34-17-8-18-35(21-20-34)32(38)25-11-13-26(14-12-25)33(3,4)5/h6-7,9-14,16,22,24,30H,8,15,17-21H2,1-5H3/t24-,30-/m1/s1. The number of benzene rings is 2. The van der Waals surface area contributed by atoms with Crippen molar-refractivity contribution < 1.29 is 9.59 Å². The Morgan fingerprint density at radius 2 is 1.56 bits per heavy atom. The maximum absolute atomic E-state index is 13.9. The van der Waals surface area contributed by atoms with Crippen molar-refractivity contribution in [2.75, 3.05) is 32.7 Å². The van der Waals surface area contributed by atoms with Crippen molar-refractivity contribution in [1.29, 1.82) is 0 Å². The van der Waals surface area contributed by atoms with E-state index in [4.69, 9.17) is 0 Å². The summed E-state index contributed by atoms with van der Waals surface area (Å²) in [4.78, 5) is 35.0. The molecule has 6 heteroatoms. The molecule has 39 heavy (non-hydrogen) atoms. The third kappa shape index (κ3) is 5.68. The van der Waals surface area contributed by atoms with E-state index < -0.39 is 0 Å². The van der Waals surface area contributed by atoms with Crippen LogP contribution in [0.4, 0.5) is 0 Å². The first-order valence-corrected chi connectivity index (χ1v) is 15.1. The Morgan fingerprint density at radius 3 is 2.28 bits per heavy atom. The highest BCUT2D eigenvalue weighted by atomic mass is 32.1. The Hall–Kier alpha value is -2.96. The molecule has 2 amide bonds. The van der Waals surface area contributed by atoms with Gasteiger partial charge in [0.05, 0.1) is 12.1 Å². The molecule has 1 aromatic heterocycles. The number of fused-ring (bicyclic) bond motifs is 1. The van der Waals surface area contributed by atoms with Crippen LogP contribution < -0.4 is 0 Å². The smallest absolute Gasteiger partial charge is 0.253 e. The molecule has 0 radical (unpaired) electrons. The van der Waals surface area contributed by atoms with Gasteiger partial charge in [-0.05, 0) is 77.9 Å². The zero-order chi connectivity index (χ0) is 27.7. The summed E-state index contributed by atoms with van der Waals surface area (Å²) < 4.78 is 0. The number of nitrogens with zero attached hydrogens (tertiary/aromatic N) is 3. The van der Waals surface area contributed by atoms with Gasteiger partial charge in [0.25, 0.3) is 5.91 Å². The van der Waals surface area contributed by atoms with Crippen molar-refractivity contribution in [3.63, 3.8) is 0 Å². The van der Waals surface area contributed by atoms with Gasteiger partial charge in [0, 0.05) is 43.2 Å². The summed E-state index contributed by atoms with van der Waals surface area (Å²) in [7, 11) is 0. The monoisotopic (exact) mass is 543 g/mol. The summed E-state index contributed by atoms with van der Waals surface area (Å²) in [6, 6.07) is 18.6. The number of rotatable bonds is 4. The minimum atomic E-state index is -0.241. The third-order valence-corrected chi connectivity index (χ3v) is 9.43. The minimum absolute atomic E-state index is 0.0541. The zero-order valence-corrected chi connectivity index (χ0v) is 24.8. The number of aryl methyl sites for hydroxylation is 1. The molecule has 0 N–H and O–H groups in total. The van der Waals surface area contributed by atoms with E-state index in [0.29, 0.717) is 26.2 Å². The molecule has 0 unspecified atom stereocenters. The lowest BCUT2D eigenvalue weighted by Gasteiger charge is -2.41. The molecule has 0 saturated carbocycles. The van der Waals surface area contributed by atoms with Crippen LogP contribution in [0.1, 0.15) is 77.6 Å². The molecule has 5 rings (SSSR count). The highest BCUT2D eigenvalue weighted by Gasteiger charge is 2.37. The first-order valence-electron chi connectivity index (χ1n) is 14.2. The molecule has 3 heterocycles. The average Bonchev–Trinajstić information content (AvgIpc) is 3.27. The Kier molecular flexibility index (Phi) is 7.97. The second-order valence-electron chi connectivity index (χ2n) is 12.0. The molecular weight excluding hydrogens is 502 g/mol. The molecule has 2 aliphatic rings. The highest BCUT2D eigenvalue weighted by molar-refractivity contribution is 7.10. The number of carbonyl (C=O) groups is 2. The quantitative estimate of drug-likeness (QED) is 0.402. The van der Waals surface area contributed by atoms with Gasteiger partial charge in [0.2, 0.25) is 5.91 Å². The second-order valence-corrected chi connectivity index (χ2v) is 13.0. The van der Waals surface area contributed by atoms with Gasteiger partial charge < -0.3 is 9.80 Å². The molecular formula is C33H41N3O2S. The summed E-state index contributed by atoms with van der Waals surface area (Å²) in [5.74, 6) is 0.217. The van der Waals surface area contributed by atoms with Gasteiger partial charge in [-0.2, -0.15) is 0 Å². The van der Waals surface area contributed by atoms with Crippen LogP contribution in [0.5, 0.6) is 0 Å². The second kappa shape index (κ2) is 11.3. The summed E-state index contributed by atoms with van der Waals surface area (Å²) in [5, 5.41) is 2.18. The van der Waals surface area contributed by atoms with Gasteiger partial charge in [-0.25, -0.2) is 0 Å². The van der Waals surface area contributed by atoms with E-state index in [0.717, 1.165) is 24.9 Å². The van der Waals surface area contributed by atoms with Gasteiger partial charge in [0.15, 0.2) is 0 Å². The fourth-order valence-electron chi connectivity index (χ4n) is 6.04. The number of hydrogen-bond donors (Lipinski definition) is 0. The molecule has 0 spiro atoms. The Bertz CT molecular complexity index is 1320. The highest BCUT2D eigenvalue weighted by Crippen LogP contribution is 2.40. The van der Waals surface area contributed by atoms with Gasteiger partial charge in [-0.15, -0.1) is 11.3 Å². The molecule has 0 aliphatic carbocycles. The molecule has 2 aliphatic heterocycles. The Morgan fingerprint density at radius 1 is 0.872 bits per heavy atom. The number of thiophene rings is 1. The van der Waals surface area contributed by atoms with Gasteiger partial charge >= 0.3 is 0 Å². The van der Waals surface area contributed by atoms with Crippen molar-refractivity contribution in [2.24, 2.45) is 0 Å². The molecule has 0 bridgehead atoms. The Labute approximate surface area is 237 Å². The molecule has 206 valence electrons. The van der Waals surface area contributed by atoms with Crippen LogP contribution in [0.15, 0.2) is 60.0 Å². The maximum Gasteiger partial charge on any atom is 0.253 e. The summed E-state index contributed by atoms with van der Waals surface area (Å²) in [6.07, 6.45) is 1.77. The van der Waals surface area contributed by atoms with E-state index >= 15 is 0 Å². The molecule has 1 saturated heterocycles. The van der Waals surface area contributed by atoms with Crippen molar-refractivity contribution in [1.82, 2.24) is 14.7 Å². The average molecular weight is 544 g/mol. The van der Waals surface area contributed by atoms with Crippen LogP contribution in [-0.2, 0) is 16.6 Å². The number of amides is 2. The van der Waals surface area contributed by atoms with Crippen LogP contribution >= 0.6 is 11.3 Å². The summed E-state index contributed by atoms with van der Waals surface area (Å²) >= 11 is 1.83. The van der Waals surface area contributed by atoms with Crippen molar-refractivity contribution in [2.45, 2.75) is 65.0 Å². The van der Waals surface area contributed by atoms with E-state index in [-0.39, 0.29) is 29.3 Å². The zero-order valence-electron chi connectivity index (χ0n) is 23.9. The maximum atomic E-state index is 13.9. The first kappa shape index (κ1) is 27.6. The van der Waals surface area contributed by atoms with Crippen molar-refractivity contribution in [3.8, 4) is 0 Å². The minimum Gasteiger partial charge on any atom is -0.340 e. The van der Waals surface area contributed by atoms with E-state index in [1.807, 2.05) is 33.3 Å². The van der Waals surface area contributed by atoms with Crippen LogP contribution in [-0.4, -0.2) is 65.3 Å². The molecule has 1 fully saturated rings. The fourth-order valence-corrected chi connectivity index (χ4v) is 6.94. The lowest BCUT2D eigenvalue weighted by molar-refractivity contribution is -0.137.